The molecule has 4 heteroatoms. The predicted octanol–water partition coefficient (Wildman–Crippen LogP) is 1.24. The highest BCUT2D eigenvalue weighted by Crippen LogP contribution is 1.90. The Bertz CT molecular complexity index is 142. The lowest BCUT2D eigenvalue weighted by Gasteiger charge is -2.23. The van der Waals surface area contributed by atoms with Crippen molar-refractivity contribution in [1.82, 2.24) is 10.2 Å². The summed E-state index contributed by atoms with van der Waals surface area (Å²) >= 11 is 5.21. The van der Waals surface area contributed by atoms with Crippen LogP contribution in [-0.2, 0) is 4.74 Å². The molecule has 0 bridgehead atoms. The monoisotopic (exact) mass is 204 g/mol. The molecule has 0 rings (SSSR count). The molecule has 0 fully saturated rings. The van der Waals surface area contributed by atoms with Crippen molar-refractivity contribution >= 4 is 17.3 Å². The molecule has 0 unspecified atom stereocenters. The van der Waals surface area contributed by atoms with Gasteiger partial charge in [-0.2, -0.15) is 0 Å². The second-order valence-electron chi connectivity index (χ2n) is 2.80. The molecule has 0 amide bonds. The van der Waals surface area contributed by atoms with Crippen LogP contribution in [0.25, 0.3) is 0 Å². The number of hydrogen-bond acceptors (Lipinski definition) is 2. The Morgan fingerprint density at radius 3 is 2.62 bits per heavy atom. The number of hydrogen-bond donors (Lipinski definition) is 1. The first-order valence-corrected chi connectivity index (χ1v) is 5.18. The summed E-state index contributed by atoms with van der Waals surface area (Å²) in [4.78, 5) is 2.11. The van der Waals surface area contributed by atoms with Gasteiger partial charge < -0.3 is 15.0 Å². The van der Waals surface area contributed by atoms with E-state index in [9.17, 15) is 0 Å². The van der Waals surface area contributed by atoms with Gasteiger partial charge in [0.1, 0.15) is 0 Å². The van der Waals surface area contributed by atoms with E-state index in [-0.39, 0.29) is 0 Å². The zero-order valence-corrected chi connectivity index (χ0v) is 9.62. The second kappa shape index (κ2) is 8.26. The van der Waals surface area contributed by atoms with Crippen molar-refractivity contribution in [2.45, 2.75) is 20.3 Å². The van der Waals surface area contributed by atoms with Gasteiger partial charge in [-0.3, -0.25) is 0 Å². The van der Waals surface area contributed by atoms with Crippen molar-refractivity contribution in [2.75, 3.05) is 33.4 Å². The van der Waals surface area contributed by atoms with Gasteiger partial charge in [-0.1, -0.05) is 6.92 Å². The van der Waals surface area contributed by atoms with Crippen molar-refractivity contribution in [2.24, 2.45) is 0 Å². The minimum Gasteiger partial charge on any atom is -0.383 e. The van der Waals surface area contributed by atoms with Crippen LogP contribution in [0.4, 0.5) is 0 Å². The Hall–Kier alpha value is -0.350. The molecule has 0 aromatic heterocycles. The van der Waals surface area contributed by atoms with Crippen LogP contribution in [0.15, 0.2) is 0 Å². The van der Waals surface area contributed by atoms with Gasteiger partial charge in [0.15, 0.2) is 5.11 Å². The van der Waals surface area contributed by atoms with E-state index in [2.05, 4.69) is 24.1 Å². The minimum atomic E-state index is 0.724. The van der Waals surface area contributed by atoms with Crippen LogP contribution in [0, 0.1) is 0 Å². The van der Waals surface area contributed by atoms with E-state index in [0.717, 1.165) is 37.8 Å². The first-order valence-electron chi connectivity index (χ1n) is 4.77. The maximum atomic E-state index is 5.21. The van der Waals surface area contributed by atoms with Gasteiger partial charge >= 0.3 is 0 Å². The number of likely N-dealkylation sites (N-methyl/N-ethyl adjacent to an activating group) is 1. The topological polar surface area (TPSA) is 24.5 Å². The summed E-state index contributed by atoms with van der Waals surface area (Å²) in [5, 5.41) is 4.03. The average Bonchev–Trinajstić information content (AvgIpc) is 2.16. The summed E-state index contributed by atoms with van der Waals surface area (Å²) in [5.41, 5.74) is 0. The van der Waals surface area contributed by atoms with Crippen molar-refractivity contribution in [1.29, 1.82) is 0 Å². The number of nitrogens with one attached hydrogen (secondary N) is 1. The lowest BCUT2D eigenvalue weighted by molar-refractivity contribution is 0.177. The summed E-state index contributed by atoms with van der Waals surface area (Å²) in [5.74, 6) is 0. The molecular weight excluding hydrogens is 184 g/mol. The standard InChI is InChI=1S/C9H20N2OS/c1-4-6-10-9(13)11(5-2)7-8-12-3/h4-8H2,1-3H3,(H,10,13). The molecule has 0 radical (unpaired) electrons. The molecule has 1 N–H and O–H groups in total. The SMILES string of the molecule is CCCNC(=S)N(CC)CCOC. The Balaban J connectivity index is 3.71. The Labute approximate surface area is 86.4 Å². The summed E-state index contributed by atoms with van der Waals surface area (Å²) in [7, 11) is 1.70. The number of ether oxygens (including phenoxy) is 1. The summed E-state index contributed by atoms with van der Waals surface area (Å²) in [6, 6.07) is 0. The van der Waals surface area contributed by atoms with Crippen LogP contribution in [0.5, 0.6) is 0 Å². The highest BCUT2D eigenvalue weighted by Gasteiger charge is 2.04. The summed E-state index contributed by atoms with van der Waals surface area (Å²) in [6.07, 6.45) is 1.10. The highest BCUT2D eigenvalue weighted by molar-refractivity contribution is 7.80. The fraction of sp³-hybridized carbons (Fsp3) is 0.889. The Morgan fingerprint density at radius 1 is 1.46 bits per heavy atom. The quantitative estimate of drug-likeness (QED) is 0.658. The van der Waals surface area contributed by atoms with Crippen molar-refractivity contribution in [3.8, 4) is 0 Å². The van der Waals surface area contributed by atoms with Gasteiger partial charge in [0, 0.05) is 26.7 Å². The van der Waals surface area contributed by atoms with Crippen LogP contribution in [0.3, 0.4) is 0 Å². The van der Waals surface area contributed by atoms with Gasteiger partial charge in [-0.25, -0.2) is 0 Å². The third-order valence-electron chi connectivity index (χ3n) is 1.76. The Kier molecular flexibility index (Phi) is 8.04. The first-order chi connectivity index (χ1) is 6.26. The molecule has 78 valence electrons. The Morgan fingerprint density at radius 2 is 2.15 bits per heavy atom. The van der Waals surface area contributed by atoms with E-state index in [4.69, 9.17) is 17.0 Å². The molecule has 0 spiro atoms. The molecule has 0 aromatic carbocycles. The van der Waals surface area contributed by atoms with Crippen LogP contribution >= 0.6 is 12.2 Å². The molecule has 0 heterocycles. The van der Waals surface area contributed by atoms with E-state index >= 15 is 0 Å². The second-order valence-corrected chi connectivity index (χ2v) is 3.19. The molecular formula is C9H20N2OS. The number of rotatable bonds is 6. The number of thiocarbonyl (C=S) groups is 1. The van der Waals surface area contributed by atoms with Crippen molar-refractivity contribution < 1.29 is 4.74 Å². The molecule has 0 atom stereocenters. The van der Waals surface area contributed by atoms with Crippen molar-refractivity contribution in [3.63, 3.8) is 0 Å². The van der Waals surface area contributed by atoms with Crippen LogP contribution in [-0.4, -0.2) is 43.4 Å². The van der Waals surface area contributed by atoms with Gasteiger partial charge in [-0.05, 0) is 25.6 Å². The van der Waals surface area contributed by atoms with E-state index in [0.29, 0.717) is 0 Å². The lowest BCUT2D eigenvalue weighted by atomic mass is 10.5. The van der Waals surface area contributed by atoms with Crippen LogP contribution in [0.2, 0.25) is 0 Å². The molecule has 0 aliphatic carbocycles. The zero-order chi connectivity index (χ0) is 10.1. The van der Waals surface area contributed by atoms with Gasteiger partial charge in [0.25, 0.3) is 0 Å². The maximum Gasteiger partial charge on any atom is 0.169 e. The first kappa shape index (κ1) is 12.7. The van der Waals surface area contributed by atoms with E-state index in [1.54, 1.807) is 7.11 Å². The van der Waals surface area contributed by atoms with Crippen LogP contribution in [0.1, 0.15) is 20.3 Å². The predicted molar refractivity (Wildman–Crippen MR) is 60.0 cm³/mol. The largest absolute Gasteiger partial charge is 0.383 e. The zero-order valence-electron chi connectivity index (χ0n) is 8.80. The molecule has 0 aliphatic rings. The molecule has 3 nitrogen and oxygen atoms in total. The van der Waals surface area contributed by atoms with E-state index in [1.807, 2.05) is 0 Å². The fourth-order valence-corrected chi connectivity index (χ4v) is 1.27. The molecule has 0 aromatic rings. The van der Waals surface area contributed by atoms with E-state index < -0.39 is 0 Å². The number of methoxy groups -OCH3 is 1. The van der Waals surface area contributed by atoms with E-state index in [1.165, 1.54) is 0 Å². The highest BCUT2D eigenvalue weighted by atomic mass is 32.1. The molecule has 0 saturated carbocycles. The summed E-state index contributed by atoms with van der Waals surface area (Å²) < 4.78 is 5.00. The maximum absolute atomic E-state index is 5.21. The molecule has 13 heavy (non-hydrogen) atoms. The average molecular weight is 204 g/mol. The third-order valence-corrected chi connectivity index (χ3v) is 2.16. The molecule has 0 aliphatic heterocycles. The third kappa shape index (κ3) is 5.82. The van der Waals surface area contributed by atoms with Crippen LogP contribution < -0.4 is 5.32 Å². The molecule has 0 saturated heterocycles. The summed E-state index contributed by atoms with van der Waals surface area (Å²) in [6.45, 7) is 7.68. The van der Waals surface area contributed by atoms with Crippen molar-refractivity contribution in [3.05, 3.63) is 0 Å². The smallest absolute Gasteiger partial charge is 0.169 e. The fourth-order valence-electron chi connectivity index (χ4n) is 0.948. The number of nitrogens with zero attached hydrogens (tertiary/aromatic N) is 1. The van der Waals surface area contributed by atoms with Gasteiger partial charge in [0.2, 0.25) is 0 Å². The van der Waals surface area contributed by atoms with Gasteiger partial charge in [-0.15, -0.1) is 0 Å². The minimum absolute atomic E-state index is 0.724. The normalized spacial score (nSPS) is 9.77. The van der Waals surface area contributed by atoms with Gasteiger partial charge in [0.05, 0.1) is 6.61 Å². The lowest BCUT2D eigenvalue weighted by Crippen LogP contribution is -2.41.